The number of nitrogens with zero attached hydrogens (tertiary/aromatic N) is 4. The van der Waals surface area contributed by atoms with Crippen LogP contribution in [0.3, 0.4) is 0 Å². The molecule has 0 N–H and O–H groups in total. The van der Waals surface area contributed by atoms with E-state index in [2.05, 4.69) is 0 Å². The molecule has 0 aromatic carbocycles. The molecule has 0 saturated carbocycles. The van der Waals surface area contributed by atoms with E-state index in [0.29, 0.717) is 0 Å². The van der Waals surface area contributed by atoms with Crippen molar-refractivity contribution in [2.45, 2.75) is 12.2 Å². The van der Waals surface area contributed by atoms with E-state index >= 15 is 0 Å². The van der Waals surface area contributed by atoms with Crippen molar-refractivity contribution in [3.63, 3.8) is 0 Å². The fourth-order valence-electron chi connectivity index (χ4n) is 0.781. The van der Waals surface area contributed by atoms with Crippen molar-refractivity contribution < 1.29 is 19.7 Å². The van der Waals surface area contributed by atoms with E-state index in [4.69, 9.17) is 0 Å². The van der Waals surface area contributed by atoms with Gasteiger partial charge in [-0.3, -0.25) is 40.5 Å². The average Bonchev–Trinajstić information content (AvgIpc) is 2.00. The molecule has 0 heterocycles. The summed E-state index contributed by atoms with van der Waals surface area (Å²) in [5, 5.41) is 40.3. The molecule has 0 aliphatic heterocycles. The minimum absolute atomic E-state index is 0. The molecule has 0 saturated heterocycles. The van der Waals surface area contributed by atoms with Crippen molar-refractivity contribution in [3.8, 4) is 0 Å². The van der Waals surface area contributed by atoms with Gasteiger partial charge in [-0.05, 0) is 0 Å². The first-order valence-electron chi connectivity index (χ1n) is 3.29. The normalized spacial score (nSPS) is 11.3. The van der Waals surface area contributed by atoms with E-state index in [0.717, 1.165) is 0 Å². The van der Waals surface area contributed by atoms with Crippen LogP contribution < -0.4 is 0 Å². The summed E-state index contributed by atoms with van der Waals surface area (Å²) < 4.78 is 0. The Bertz CT molecular complexity index is 304. The third kappa shape index (κ3) is 4.90. The number of rotatable bonds is 6. The average molecular weight is 248 g/mol. The van der Waals surface area contributed by atoms with Crippen molar-refractivity contribution in [1.29, 1.82) is 0 Å². The van der Waals surface area contributed by atoms with Gasteiger partial charge >= 0.3 is 41.8 Å². The quantitative estimate of drug-likeness (QED) is 0.227. The predicted molar refractivity (Wildman–Crippen MR) is 47.6 cm³/mol. The maximum absolute atomic E-state index is 10.2. The molecule has 1 atom stereocenters. The summed E-state index contributed by atoms with van der Waals surface area (Å²) in [5.41, 5.74) is 0. The van der Waals surface area contributed by atoms with Gasteiger partial charge in [0.2, 0.25) is 0 Å². The number of nitro groups is 4. The summed E-state index contributed by atoms with van der Waals surface area (Å²) in [6, 6.07) is -2.48. The van der Waals surface area contributed by atoms with Crippen LogP contribution in [0, 0.1) is 40.5 Å². The maximum atomic E-state index is 10.2. The molecule has 0 aromatic heterocycles. The first kappa shape index (κ1) is 17.0. The molecule has 0 aliphatic rings. The minimum atomic E-state index is -2.81. The molecule has 1 unspecified atom stereocenters. The van der Waals surface area contributed by atoms with Crippen LogP contribution in [0.15, 0.2) is 0 Å². The summed E-state index contributed by atoms with van der Waals surface area (Å²) >= 11 is 0. The first-order chi connectivity index (χ1) is 6.77. The molecule has 12 nitrogen and oxygen atoms in total. The van der Waals surface area contributed by atoms with Crippen LogP contribution >= 0.6 is 0 Å². The van der Waals surface area contributed by atoms with Crippen LogP contribution in [0.25, 0.3) is 0 Å². The van der Waals surface area contributed by atoms with Crippen LogP contribution in [0.2, 0.25) is 0 Å². The summed E-state index contributed by atoms with van der Waals surface area (Å²) in [7, 11) is 0. The Balaban J connectivity index is 0. The zero-order valence-electron chi connectivity index (χ0n) is 6.92. The van der Waals surface area contributed by atoms with Gasteiger partial charge in [-0.15, -0.1) is 0 Å². The molecule has 0 fully saturated rings. The monoisotopic (exact) mass is 248 g/mol. The topological polar surface area (TPSA) is 173 Å². The molecule has 0 bridgehead atoms. The molecule has 0 spiro atoms. The Labute approximate surface area is 108 Å². The predicted octanol–water partition coefficient (Wildman–Crippen LogP) is -1.86. The molecule has 0 amide bonds. The molecule has 13 heteroatoms. The van der Waals surface area contributed by atoms with E-state index in [9.17, 15) is 40.5 Å². The third-order valence-corrected chi connectivity index (χ3v) is 1.38. The molecular weight excluding hydrogens is 243 g/mol. The van der Waals surface area contributed by atoms with Crippen LogP contribution in [-0.2, 0) is 0 Å². The number of hydrogen-bond acceptors (Lipinski definition) is 8. The number of hydrogen-bond donors (Lipinski definition) is 0. The van der Waals surface area contributed by atoms with Gasteiger partial charge in [0, 0.05) is 9.85 Å². The Morgan fingerprint density at radius 1 is 0.812 bits per heavy atom. The van der Waals surface area contributed by atoms with E-state index in [1.807, 2.05) is 0 Å². The third-order valence-electron chi connectivity index (χ3n) is 1.38. The second-order valence-electron chi connectivity index (χ2n) is 2.35. The van der Waals surface area contributed by atoms with Crippen LogP contribution in [0.5, 0.6) is 0 Å². The van der Waals surface area contributed by atoms with Gasteiger partial charge in [0.25, 0.3) is 6.54 Å². The van der Waals surface area contributed by atoms with Gasteiger partial charge in [-0.25, -0.2) is 0 Å². The van der Waals surface area contributed by atoms with E-state index < -0.39 is 38.4 Å². The van der Waals surface area contributed by atoms with E-state index in [-0.39, 0.29) is 29.6 Å². The zero-order valence-corrected chi connectivity index (χ0v) is 6.92. The molecule has 0 radical (unpaired) electrons. The molecular formula is C3H5N4NaO8. The van der Waals surface area contributed by atoms with Gasteiger partial charge < -0.3 is 0 Å². The Morgan fingerprint density at radius 3 is 1.38 bits per heavy atom. The van der Waals surface area contributed by atoms with Crippen molar-refractivity contribution in [2.75, 3.05) is 6.54 Å². The summed E-state index contributed by atoms with van der Waals surface area (Å²) in [5.74, 6) is 0. The Hall–Kier alpha value is -1.40. The summed E-state index contributed by atoms with van der Waals surface area (Å²) in [4.78, 5) is 34.6. The van der Waals surface area contributed by atoms with Gasteiger partial charge in [0.05, 0.1) is 0 Å². The second-order valence-corrected chi connectivity index (χ2v) is 2.35. The Morgan fingerprint density at radius 2 is 1.19 bits per heavy atom. The fraction of sp³-hybridized carbons (Fsp3) is 1.00. The van der Waals surface area contributed by atoms with E-state index in [1.54, 1.807) is 0 Å². The Kier molecular flexibility index (Phi) is 7.41. The molecule has 0 aromatic rings. The van der Waals surface area contributed by atoms with Crippen molar-refractivity contribution >= 4 is 29.6 Å². The SMILES string of the molecule is O=[N+]([O-])CC(C([N+](=O)[O-])[N+](=O)[O-])[N+](=O)[O-].[NaH]. The van der Waals surface area contributed by atoms with Crippen molar-refractivity contribution in [3.05, 3.63) is 40.5 Å². The summed E-state index contributed by atoms with van der Waals surface area (Å²) in [6.07, 6.45) is -2.81. The van der Waals surface area contributed by atoms with Crippen LogP contribution in [0.4, 0.5) is 0 Å². The molecule has 86 valence electrons. The molecule has 0 rings (SSSR count). The molecule has 16 heavy (non-hydrogen) atoms. The van der Waals surface area contributed by atoms with Crippen LogP contribution in [-0.4, -0.2) is 68.0 Å². The molecule has 0 aliphatic carbocycles. The van der Waals surface area contributed by atoms with E-state index in [1.165, 1.54) is 0 Å². The zero-order chi connectivity index (χ0) is 12.2. The van der Waals surface area contributed by atoms with Crippen molar-refractivity contribution in [2.24, 2.45) is 0 Å². The van der Waals surface area contributed by atoms with Gasteiger partial charge in [0.15, 0.2) is 0 Å². The van der Waals surface area contributed by atoms with Crippen LogP contribution in [0.1, 0.15) is 0 Å². The summed E-state index contributed by atoms with van der Waals surface area (Å²) in [6.45, 7) is -1.47. The standard InChI is InChI=1S/C3H4N4O8.Na.H/c8-4(9)1-2(5(10)11)3(6(12)13)7(14)15;;/h2-3H,1H2;;. The van der Waals surface area contributed by atoms with Crippen molar-refractivity contribution in [1.82, 2.24) is 0 Å². The first-order valence-corrected chi connectivity index (χ1v) is 3.29. The van der Waals surface area contributed by atoms with Gasteiger partial charge in [0.1, 0.15) is 9.85 Å². The van der Waals surface area contributed by atoms with Gasteiger partial charge in [-0.2, -0.15) is 0 Å². The fourth-order valence-corrected chi connectivity index (χ4v) is 0.781. The second kappa shape index (κ2) is 6.97. The van der Waals surface area contributed by atoms with Gasteiger partial charge in [-0.1, -0.05) is 0 Å².